The lowest BCUT2D eigenvalue weighted by Crippen LogP contribution is -2.51. The fourth-order valence-corrected chi connectivity index (χ4v) is 2.95. The third-order valence-electron chi connectivity index (χ3n) is 4.51. The molecule has 1 aromatic carbocycles. The van der Waals surface area contributed by atoms with E-state index in [1.54, 1.807) is 0 Å². The number of hydrogen-bond acceptors (Lipinski definition) is 3. The Balaban J connectivity index is 0.00000288. The van der Waals surface area contributed by atoms with Crippen LogP contribution in [-0.2, 0) is 16.0 Å². The summed E-state index contributed by atoms with van der Waals surface area (Å²) < 4.78 is 5.71. The van der Waals surface area contributed by atoms with Crippen molar-refractivity contribution in [2.24, 2.45) is 0 Å². The van der Waals surface area contributed by atoms with Crippen LogP contribution in [0.15, 0.2) is 24.3 Å². The van der Waals surface area contributed by atoms with E-state index in [-0.39, 0.29) is 30.5 Å². The lowest BCUT2D eigenvalue weighted by atomic mass is 10.0. The molecule has 0 saturated carbocycles. The predicted molar refractivity (Wildman–Crippen MR) is 101 cm³/mol. The van der Waals surface area contributed by atoms with Gasteiger partial charge >= 0.3 is 0 Å². The first-order chi connectivity index (χ1) is 11.2. The topological polar surface area (TPSA) is 41.6 Å². The Kier molecular flexibility index (Phi) is 9.34. The molecule has 0 aromatic heterocycles. The third-order valence-corrected chi connectivity index (χ3v) is 4.51. The number of unbranched alkanes of at least 4 members (excludes halogenated alkanes) is 1. The normalized spacial score (nSPS) is 18.8. The Morgan fingerprint density at radius 2 is 2.04 bits per heavy atom. The standard InChI is InChI=1S/C19H30N2O2.ClH/c1-4-6-13-23-15(3)19(22)21-12-11-20-14-18(21)17-9-7-16(5-2)8-10-17;/h7-10,15,18,20H,4-6,11-14H2,1-3H3;1H. The van der Waals surface area contributed by atoms with E-state index in [4.69, 9.17) is 4.74 Å². The molecule has 2 unspecified atom stereocenters. The van der Waals surface area contributed by atoms with E-state index in [0.29, 0.717) is 6.61 Å². The summed E-state index contributed by atoms with van der Waals surface area (Å²) in [6.45, 7) is 9.20. The van der Waals surface area contributed by atoms with Gasteiger partial charge in [-0.15, -0.1) is 12.4 Å². The Hall–Kier alpha value is -1.10. The van der Waals surface area contributed by atoms with Crippen molar-refractivity contribution in [2.75, 3.05) is 26.2 Å². The van der Waals surface area contributed by atoms with Gasteiger partial charge in [0.25, 0.3) is 5.91 Å². The molecule has 4 nitrogen and oxygen atoms in total. The second-order valence-corrected chi connectivity index (χ2v) is 6.21. The van der Waals surface area contributed by atoms with E-state index in [9.17, 15) is 4.79 Å². The highest BCUT2D eigenvalue weighted by molar-refractivity contribution is 5.85. The molecule has 1 fully saturated rings. The maximum absolute atomic E-state index is 12.8. The molecule has 1 aromatic rings. The fourth-order valence-electron chi connectivity index (χ4n) is 2.95. The SMILES string of the molecule is CCCCOC(C)C(=O)N1CCNCC1c1ccc(CC)cc1.Cl. The van der Waals surface area contributed by atoms with Crippen LogP contribution in [-0.4, -0.2) is 43.2 Å². The summed E-state index contributed by atoms with van der Waals surface area (Å²) in [4.78, 5) is 14.8. The molecular weight excluding hydrogens is 324 g/mol. The van der Waals surface area contributed by atoms with Gasteiger partial charge in [0.05, 0.1) is 6.04 Å². The maximum Gasteiger partial charge on any atom is 0.252 e. The fraction of sp³-hybridized carbons (Fsp3) is 0.632. The lowest BCUT2D eigenvalue weighted by Gasteiger charge is -2.38. The lowest BCUT2D eigenvalue weighted by molar-refractivity contribution is -0.146. The number of carbonyl (C=O) groups excluding carboxylic acids is 1. The van der Waals surface area contributed by atoms with Crippen LogP contribution in [0.3, 0.4) is 0 Å². The highest BCUT2D eigenvalue weighted by Gasteiger charge is 2.30. The largest absolute Gasteiger partial charge is 0.369 e. The second-order valence-electron chi connectivity index (χ2n) is 6.21. The van der Waals surface area contributed by atoms with Gasteiger partial charge in [0.15, 0.2) is 0 Å². The van der Waals surface area contributed by atoms with Gasteiger partial charge in [0.1, 0.15) is 6.10 Å². The highest BCUT2D eigenvalue weighted by Crippen LogP contribution is 2.24. The van der Waals surface area contributed by atoms with Crippen LogP contribution in [0.4, 0.5) is 0 Å². The Morgan fingerprint density at radius 1 is 1.33 bits per heavy atom. The second kappa shape index (κ2) is 10.7. The van der Waals surface area contributed by atoms with E-state index < -0.39 is 0 Å². The van der Waals surface area contributed by atoms with Crippen LogP contribution >= 0.6 is 12.4 Å². The molecule has 1 N–H and O–H groups in total. The van der Waals surface area contributed by atoms with Crippen LogP contribution in [0.25, 0.3) is 0 Å². The van der Waals surface area contributed by atoms with Gasteiger partial charge in [-0.1, -0.05) is 44.5 Å². The van der Waals surface area contributed by atoms with Gasteiger partial charge in [-0.3, -0.25) is 4.79 Å². The molecule has 2 atom stereocenters. The van der Waals surface area contributed by atoms with Crippen molar-refractivity contribution in [1.29, 1.82) is 0 Å². The van der Waals surface area contributed by atoms with Crippen molar-refractivity contribution >= 4 is 18.3 Å². The van der Waals surface area contributed by atoms with Crippen molar-refractivity contribution in [2.45, 2.75) is 52.2 Å². The predicted octanol–water partition coefficient (Wildman–Crippen LogP) is 3.35. The van der Waals surface area contributed by atoms with Crippen molar-refractivity contribution in [3.63, 3.8) is 0 Å². The average Bonchev–Trinajstić information content (AvgIpc) is 2.61. The third kappa shape index (κ3) is 5.47. The van der Waals surface area contributed by atoms with Gasteiger partial charge < -0.3 is 15.0 Å². The van der Waals surface area contributed by atoms with Gasteiger partial charge in [0, 0.05) is 26.2 Å². The summed E-state index contributed by atoms with van der Waals surface area (Å²) in [5.41, 5.74) is 2.52. The van der Waals surface area contributed by atoms with Crippen molar-refractivity contribution in [1.82, 2.24) is 10.2 Å². The number of hydrogen-bond donors (Lipinski definition) is 1. The smallest absolute Gasteiger partial charge is 0.252 e. The molecule has 1 saturated heterocycles. The van der Waals surface area contributed by atoms with Crippen LogP contribution in [0, 0.1) is 0 Å². The molecule has 1 amide bonds. The van der Waals surface area contributed by atoms with Gasteiger partial charge in [-0.2, -0.15) is 0 Å². The summed E-state index contributed by atoms with van der Waals surface area (Å²) >= 11 is 0. The minimum atomic E-state index is -0.364. The molecule has 2 rings (SSSR count). The summed E-state index contributed by atoms with van der Waals surface area (Å²) in [5.74, 6) is 0.104. The highest BCUT2D eigenvalue weighted by atomic mass is 35.5. The first-order valence-electron chi connectivity index (χ1n) is 8.89. The molecule has 0 bridgehead atoms. The Bertz CT molecular complexity index is 493. The van der Waals surface area contributed by atoms with Crippen LogP contribution in [0.1, 0.15) is 50.8 Å². The van der Waals surface area contributed by atoms with Gasteiger partial charge in [0.2, 0.25) is 0 Å². The zero-order chi connectivity index (χ0) is 16.7. The Labute approximate surface area is 152 Å². The molecule has 1 heterocycles. The first-order valence-corrected chi connectivity index (χ1v) is 8.89. The Morgan fingerprint density at radius 3 is 2.67 bits per heavy atom. The summed E-state index contributed by atoms with van der Waals surface area (Å²) in [5, 5.41) is 3.40. The number of nitrogens with zero attached hydrogens (tertiary/aromatic N) is 1. The van der Waals surface area contributed by atoms with Crippen molar-refractivity contribution in [3.05, 3.63) is 35.4 Å². The van der Waals surface area contributed by atoms with Gasteiger partial charge in [-0.05, 0) is 30.9 Å². The van der Waals surface area contributed by atoms with E-state index in [1.165, 1.54) is 11.1 Å². The van der Waals surface area contributed by atoms with Gasteiger partial charge in [-0.25, -0.2) is 0 Å². The van der Waals surface area contributed by atoms with Crippen molar-refractivity contribution < 1.29 is 9.53 Å². The molecular formula is C19H31ClN2O2. The summed E-state index contributed by atoms with van der Waals surface area (Å²) in [6.07, 6.45) is 2.76. The minimum Gasteiger partial charge on any atom is -0.369 e. The summed E-state index contributed by atoms with van der Waals surface area (Å²) in [6, 6.07) is 8.72. The molecule has 24 heavy (non-hydrogen) atoms. The molecule has 5 heteroatoms. The zero-order valence-electron chi connectivity index (χ0n) is 15.1. The first kappa shape index (κ1) is 20.9. The number of nitrogens with one attached hydrogen (secondary N) is 1. The number of amides is 1. The molecule has 0 radical (unpaired) electrons. The van der Waals surface area contributed by atoms with Crippen LogP contribution < -0.4 is 5.32 Å². The monoisotopic (exact) mass is 354 g/mol. The van der Waals surface area contributed by atoms with Crippen molar-refractivity contribution in [3.8, 4) is 0 Å². The summed E-state index contributed by atoms with van der Waals surface area (Å²) in [7, 11) is 0. The number of piperazine rings is 1. The zero-order valence-corrected chi connectivity index (χ0v) is 15.9. The quantitative estimate of drug-likeness (QED) is 0.763. The van der Waals surface area contributed by atoms with E-state index in [2.05, 4.69) is 43.4 Å². The number of halogens is 1. The molecule has 136 valence electrons. The van der Waals surface area contributed by atoms with E-state index >= 15 is 0 Å². The maximum atomic E-state index is 12.8. The molecule has 1 aliphatic heterocycles. The number of carbonyl (C=O) groups is 1. The number of ether oxygens (including phenoxy) is 1. The van der Waals surface area contributed by atoms with Crippen LogP contribution in [0.2, 0.25) is 0 Å². The molecule has 0 spiro atoms. The number of rotatable bonds is 7. The molecule has 0 aliphatic carbocycles. The number of benzene rings is 1. The van der Waals surface area contributed by atoms with Crippen LogP contribution in [0.5, 0.6) is 0 Å². The minimum absolute atomic E-state index is 0. The molecule has 1 aliphatic rings. The van der Waals surface area contributed by atoms with E-state index in [0.717, 1.165) is 38.9 Å². The number of aryl methyl sites for hydroxylation is 1. The average molecular weight is 355 g/mol. The van der Waals surface area contributed by atoms with E-state index in [1.807, 2.05) is 11.8 Å².